The lowest BCUT2D eigenvalue weighted by Gasteiger charge is -2.49. The molecule has 5 nitrogen and oxygen atoms in total. The van der Waals surface area contributed by atoms with Gasteiger partial charge in [-0.05, 0) is 37.5 Å². The van der Waals surface area contributed by atoms with Crippen LogP contribution in [-0.2, 0) is 0 Å². The van der Waals surface area contributed by atoms with E-state index in [0.717, 1.165) is 11.1 Å². The summed E-state index contributed by atoms with van der Waals surface area (Å²) in [5, 5.41) is 24.1. The van der Waals surface area contributed by atoms with E-state index >= 15 is 0 Å². The Morgan fingerprint density at radius 2 is 1.95 bits per heavy atom. The van der Waals surface area contributed by atoms with Crippen LogP contribution in [0.4, 0.5) is 11.4 Å². The van der Waals surface area contributed by atoms with Gasteiger partial charge in [0.2, 0.25) is 0 Å². The molecule has 104 valence electrons. The molecule has 0 heterocycles. The molecule has 1 saturated carbocycles. The lowest BCUT2D eigenvalue weighted by atomic mass is 9.64. The van der Waals surface area contributed by atoms with Crippen LogP contribution < -0.4 is 5.32 Å². The zero-order valence-corrected chi connectivity index (χ0v) is 11.7. The predicted molar refractivity (Wildman–Crippen MR) is 74.4 cm³/mol. The molecule has 2 rings (SSSR count). The number of nitrogens with one attached hydrogen (secondary N) is 1. The summed E-state index contributed by atoms with van der Waals surface area (Å²) in [6, 6.07) is 3.47. The maximum atomic E-state index is 11.1. The number of nitro benzene ring substituents is 1. The van der Waals surface area contributed by atoms with E-state index < -0.39 is 0 Å². The number of aliphatic hydroxyl groups excluding tert-OH is 1. The smallest absolute Gasteiger partial charge is 0.292 e. The Morgan fingerprint density at radius 1 is 1.37 bits per heavy atom. The second kappa shape index (κ2) is 4.49. The normalized spacial score (nSPS) is 24.7. The summed E-state index contributed by atoms with van der Waals surface area (Å²) in [7, 11) is 0. The highest BCUT2D eigenvalue weighted by Crippen LogP contribution is 2.43. The number of hydrogen-bond acceptors (Lipinski definition) is 4. The Hall–Kier alpha value is -1.62. The van der Waals surface area contributed by atoms with Crippen LogP contribution in [0, 0.1) is 29.4 Å². The summed E-state index contributed by atoms with van der Waals surface area (Å²) >= 11 is 0. The van der Waals surface area contributed by atoms with Crippen LogP contribution in [0.5, 0.6) is 0 Å². The van der Waals surface area contributed by atoms with Crippen molar-refractivity contribution in [3.05, 3.63) is 33.4 Å². The number of aliphatic hydroxyl groups is 1. The topological polar surface area (TPSA) is 75.4 Å². The monoisotopic (exact) mass is 264 g/mol. The first-order valence-corrected chi connectivity index (χ1v) is 6.43. The molecule has 2 N–H and O–H groups in total. The first-order valence-electron chi connectivity index (χ1n) is 6.43. The highest BCUT2D eigenvalue weighted by Gasteiger charge is 2.47. The lowest BCUT2D eigenvalue weighted by Crippen LogP contribution is -2.56. The largest absolute Gasteiger partial charge is 0.392 e. The Labute approximate surface area is 112 Å². The van der Waals surface area contributed by atoms with Gasteiger partial charge >= 0.3 is 0 Å². The Morgan fingerprint density at radius 3 is 2.42 bits per heavy atom. The van der Waals surface area contributed by atoms with Gasteiger partial charge in [0.15, 0.2) is 0 Å². The van der Waals surface area contributed by atoms with Gasteiger partial charge in [0, 0.05) is 17.5 Å². The summed E-state index contributed by atoms with van der Waals surface area (Å²) < 4.78 is 0. The van der Waals surface area contributed by atoms with Crippen molar-refractivity contribution in [2.45, 2.75) is 46.3 Å². The molecule has 0 radical (unpaired) electrons. The minimum absolute atomic E-state index is 0.0586. The molecule has 1 aliphatic carbocycles. The van der Waals surface area contributed by atoms with Crippen molar-refractivity contribution < 1.29 is 10.0 Å². The van der Waals surface area contributed by atoms with Gasteiger partial charge in [-0.1, -0.05) is 13.8 Å². The van der Waals surface area contributed by atoms with Crippen molar-refractivity contribution in [2.24, 2.45) is 5.41 Å². The summed E-state index contributed by atoms with van der Waals surface area (Å²) in [6.45, 7) is 7.73. The van der Waals surface area contributed by atoms with E-state index in [9.17, 15) is 15.2 Å². The minimum Gasteiger partial charge on any atom is -0.392 e. The van der Waals surface area contributed by atoms with Crippen molar-refractivity contribution in [1.82, 2.24) is 0 Å². The van der Waals surface area contributed by atoms with E-state index in [2.05, 4.69) is 5.32 Å². The standard InChI is InChI=1S/C14H20N2O3/c1-8-5-10(11(16(18)19)6-9(8)2)15-12-7-13(17)14(12,3)4/h5-6,12-13,15,17H,7H2,1-4H3. The number of nitrogens with zero attached hydrogens (tertiary/aromatic N) is 1. The van der Waals surface area contributed by atoms with Gasteiger partial charge in [-0.25, -0.2) is 0 Å². The van der Waals surface area contributed by atoms with Crippen LogP contribution in [0.3, 0.4) is 0 Å². The Balaban J connectivity index is 2.30. The number of rotatable bonds is 3. The highest BCUT2D eigenvalue weighted by molar-refractivity contribution is 5.65. The van der Waals surface area contributed by atoms with Gasteiger partial charge in [-0.15, -0.1) is 0 Å². The van der Waals surface area contributed by atoms with Gasteiger partial charge in [-0.3, -0.25) is 10.1 Å². The number of aryl methyl sites for hydroxylation is 2. The molecule has 0 aromatic heterocycles. The third-order valence-corrected chi connectivity index (χ3v) is 4.35. The van der Waals surface area contributed by atoms with Crippen LogP contribution in [-0.4, -0.2) is 22.2 Å². The van der Waals surface area contributed by atoms with Crippen molar-refractivity contribution in [2.75, 3.05) is 5.32 Å². The number of anilines is 1. The third kappa shape index (κ3) is 2.30. The molecular weight excluding hydrogens is 244 g/mol. The zero-order chi connectivity index (χ0) is 14.4. The van der Waals surface area contributed by atoms with Crippen LogP contribution in [0.2, 0.25) is 0 Å². The summed E-state index contributed by atoms with van der Waals surface area (Å²) in [6.07, 6.45) is 0.271. The molecule has 0 bridgehead atoms. The molecule has 5 heteroatoms. The molecule has 0 amide bonds. The van der Waals surface area contributed by atoms with Gasteiger partial charge in [0.25, 0.3) is 5.69 Å². The fourth-order valence-corrected chi connectivity index (χ4v) is 2.40. The zero-order valence-electron chi connectivity index (χ0n) is 11.7. The number of benzene rings is 1. The average Bonchev–Trinajstić information content (AvgIpc) is 2.32. The minimum atomic E-state index is -0.364. The molecule has 1 aliphatic rings. The van der Waals surface area contributed by atoms with Crippen molar-refractivity contribution in [3.8, 4) is 0 Å². The molecular formula is C14H20N2O3. The number of nitro groups is 1. The fourth-order valence-electron chi connectivity index (χ4n) is 2.40. The van der Waals surface area contributed by atoms with Gasteiger partial charge in [0.1, 0.15) is 5.69 Å². The second-order valence-corrected chi connectivity index (χ2v) is 5.98. The van der Waals surface area contributed by atoms with Gasteiger partial charge < -0.3 is 10.4 Å². The molecule has 19 heavy (non-hydrogen) atoms. The maximum Gasteiger partial charge on any atom is 0.292 e. The first kappa shape index (κ1) is 13.8. The number of hydrogen-bond donors (Lipinski definition) is 2. The van der Waals surface area contributed by atoms with E-state index in [1.54, 1.807) is 6.07 Å². The van der Waals surface area contributed by atoms with E-state index in [0.29, 0.717) is 12.1 Å². The van der Waals surface area contributed by atoms with Crippen LogP contribution in [0.15, 0.2) is 12.1 Å². The molecule has 0 spiro atoms. The fraction of sp³-hybridized carbons (Fsp3) is 0.571. The van der Waals surface area contributed by atoms with Gasteiger partial charge in [0.05, 0.1) is 11.0 Å². The molecule has 1 aromatic carbocycles. The van der Waals surface area contributed by atoms with Crippen LogP contribution >= 0.6 is 0 Å². The lowest BCUT2D eigenvalue weighted by molar-refractivity contribution is -0.384. The van der Waals surface area contributed by atoms with Crippen molar-refractivity contribution in [1.29, 1.82) is 0 Å². The molecule has 0 aliphatic heterocycles. The van der Waals surface area contributed by atoms with Crippen molar-refractivity contribution in [3.63, 3.8) is 0 Å². The van der Waals surface area contributed by atoms with Crippen LogP contribution in [0.25, 0.3) is 0 Å². The summed E-state index contributed by atoms with van der Waals surface area (Å²) in [4.78, 5) is 10.8. The van der Waals surface area contributed by atoms with E-state index in [1.807, 2.05) is 33.8 Å². The Kier molecular flexibility index (Phi) is 3.26. The molecule has 2 atom stereocenters. The Bertz CT molecular complexity index is 526. The average molecular weight is 264 g/mol. The third-order valence-electron chi connectivity index (χ3n) is 4.35. The SMILES string of the molecule is Cc1cc(NC2CC(O)C2(C)C)c([N+](=O)[O-])cc1C. The molecule has 2 unspecified atom stereocenters. The predicted octanol–water partition coefficient (Wildman–Crippen LogP) is 2.78. The molecule has 0 saturated heterocycles. The van der Waals surface area contributed by atoms with Crippen LogP contribution in [0.1, 0.15) is 31.4 Å². The van der Waals surface area contributed by atoms with Gasteiger partial charge in [-0.2, -0.15) is 0 Å². The van der Waals surface area contributed by atoms with E-state index in [-0.39, 0.29) is 28.2 Å². The maximum absolute atomic E-state index is 11.1. The highest BCUT2D eigenvalue weighted by atomic mass is 16.6. The summed E-state index contributed by atoms with van der Waals surface area (Å²) in [5.41, 5.74) is 2.31. The van der Waals surface area contributed by atoms with E-state index in [4.69, 9.17) is 0 Å². The molecule has 1 fully saturated rings. The second-order valence-electron chi connectivity index (χ2n) is 5.98. The van der Waals surface area contributed by atoms with Crippen molar-refractivity contribution >= 4 is 11.4 Å². The molecule has 1 aromatic rings. The van der Waals surface area contributed by atoms with E-state index in [1.165, 1.54) is 0 Å². The summed E-state index contributed by atoms with van der Waals surface area (Å²) in [5.74, 6) is 0. The quantitative estimate of drug-likeness (QED) is 0.650. The first-order chi connectivity index (χ1) is 8.73.